The Bertz CT molecular complexity index is 718. The van der Waals surface area contributed by atoms with Gasteiger partial charge in [0.15, 0.2) is 0 Å². The number of hydrogen-bond donors (Lipinski definition) is 2. The Labute approximate surface area is 116 Å². The molecule has 3 N–H and O–H groups in total. The third-order valence-electron chi connectivity index (χ3n) is 3.22. The summed E-state index contributed by atoms with van der Waals surface area (Å²) in [5.41, 5.74) is 8.55. The molecule has 3 rings (SSSR count). The molecule has 5 nitrogen and oxygen atoms in total. The van der Waals surface area contributed by atoms with E-state index in [-0.39, 0.29) is 6.61 Å². The second kappa shape index (κ2) is 5.30. The van der Waals surface area contributed by atoms with Crippen molar-refractivity contribution >= 4 is 16.9 Å². The first-order valence-electron chi connectivity index (χ1n) is 6.59. The van der Waals surface area contributed by atoms with Crippen molar-refractivity contribution in [1.29, 1.82) is 0 Å². The van der Waals surface area contributed by atoms with E-state index in [2.05, 4.69) is 14.5 Å². The number of anilines is 1. The Morgan fingerprint density at radius 2 is 2.00 bits per heavy atom. The number of pyridine rings is 1. The molecular formula is C15H16N4O. The number of nitrogens with two attached hydrogens (primary N) is 1. The van der Waals surface area contributed by atoms with Gasteiger partial charge in [0.25, 0.3) is 0 Å². The van der Waals surface area contributed by atoms with E-state index < -0.39 is 0 Å². The van der Waals surface area contributed by atoms with Crippen LogP contribution in [0.3, 0.4) is 0 Å². The Kier molecular flexibility index (Phi) is 3.35. The maximum Gasteiger partial charge on any atom is 0.123 e. The fourth-order valence-corrected chi connectivity index (χ4v) is 2.30. The minimum absolute atomic E-state index is 0.156. The Morgan fingerprint density at radius 1 is 1.15 bits per heavy atom. The number of aryl methyl sites for hydroxylation is 1. The lowest BCUT2D eigenvalue weighted by atomic mass is 10.3. The molecule has 0 unspecified atom stereocenters. The molecule has 2 heterocycles. The summed E-state index contributed by atoms with van der Waals surface area (Å²) in [5.74, 6) is 1.42. The highest BCUT2D eigenvalue weighted by molar-refractivity contribution is 5.78. The molecule has 5 heteroatoms. The van der Waals surface area contributed by atoms with Gasteiger partial charge < -0.3 is 10.8 Å². The van der Waals surface area contributed by atoms with Crippen molar-refractivity contribution in [2.45, 2.75) is 12.8 Å². The number of aromatic nitrogens is 3. The zero-order chi connectivity index (χ0) is 13.9. The number of hydrogen-bond acceptors (Lipinski definition) is 4. The average molecular weight is 268 g/mol. The first-order valence-corrected chi connectivity index (χ1v) is 6.59. The highest BCUT2D eigenvalue weighted by Crippen LogP contribution is 2.22. The lowest BCUT2D eigenvalue weighted by molar-refractivity contribution is 0.287. The van der Waals surface area contributed by atoms with E-state index in [0.717, 1.165) is 29.0 Å². The van der Waals surface area contributed by atoms with Crippen molar-refractivity contribution in [1.82, 2.24) is 14.5 Å². The number of fused-ring (bicyclic) bond motifs is 1. The summed E-state index contributed by atoms with van der Waals surface area (Å²) in [6.45, 7) is 0.156. The zero-order valence-corrected chi connectivity index (χ0v) is 11.0. The van der Waals surface area contributed by atoms with Gasteiger partial charge in [-0.2, -0.15) is 0 Å². The van der Waals surface area contributed by atoms with E-state index in [0.29, 0.717) is 12.2 Å². The molecule has 102 valence electrons. The summed E-state index contributed by atoms with van der Waals surface area (Å²) in [4.78, 5) is 8.78. The molecule has 0 aliphatic carbocycles. The van der Waals surface area contributed by atoms with Crippen molar-refractivity contribution in [3.05, 3.63) is 48.4 Å². The second-order valence-electron chi connectivity index (χ2n) is 4.62. The van der Waals surface area contributed by atoms with Crippen LogP contribution in [0.1, 0.15) is 12.2 Å². The summed E-state index contributed by atoms with van der Waals surface area (Å²) in [6, 6.07) is 11.7. The second-order valence-corrected chi connectivity index (χ2v) is 4.62. The van der Waals surface area contributed by atoms with Gasteiger partial charge in [-0.05, 0) is 30.7 Å². The minimum atomic E-state index is 0.156. The molecule has 1 aromatic carbocycles. The number of imidazole rings is 1. The molecule has 0 radical (unpaired) electrons. The number of para-hydroxylation sites is 2. The van der Waals surface area contributed by atoms with Crippen LogP contribution in [0.5, 0.6) is 0 Å². The third-order valence-corrected chi connectivity index (χ3v) is 3.22. The van der Waals surface area contributed by atoms with E-state index in [1.807, 2.05) is 30.3 Å². The number of nitrogen functional groups attached to an aromatic ring is 1. The highest BCUT2D eigenvalue weighted by atomic mass is 16.2. The van der Waals surface area contributed by atoms with Crippen molar-refractivity contribution in [3.8, 4) is 5.69 Å². The molecule has 0 bridgehead atoms. The molecule has 0 saturated carbocycles. The normalized spacial score (nSPS) is 11.1. The van der Waals surface area contributed by atoms with Gasteiger partial charge in [-0.3, -0.25) is 4.57 Å². The van der Waals surface area contributed by atoms with Crippen LogP contribution in [0.25, 0.3) is 16.7 Å². The lowest BCUT2D eigenvalue weighted by Gasteiger charge is -2.08. The maximum atomic E-state index is 9.03. The first-order chi connectivity index (χ1) is 9.79. The Balaban J connectivity index is 2.17. The summed E-state index contributed by atoms with van der Waals surface area (Å²) in [5, 5.41) is 9.03. The van der Waals surface area contributed by atoms with Gasteiger partial charge >= 0.3 is 0 Å². The topological polar surface area (TPSA) is 77.0 Å². The number of rotatable bonds is 4. The quantitative estimate of drug-likeness (QED) is 0.758. The van der Waals surface area contributed by atoms with E-state index in [1.165, 1.54) is 0 Å². The van der Waals surface area contributed by atoms with Gasteiger partial charge in [0.05, 0.1) is 22.9 Å². The predicted octanol–water partition coefficient (Wildman–Crippen LogP) is 1.93. The van der Waals surface area contributed by atoms with Gasteiger partial charge in [-0.25, -0.2) is 9.97 Å². The predicted molar refractivity (Wildman–Crippen MR) is 78.7 cm³/mol. The molecule has 0 amide bonds. The summed E-state index contributed by atoms with van der Waals surface area (Å²) in [6.07, 6.45) is 3.15. The van der Waals surface area contributed by atoms with Crippen molar-refractivity contribution in [2.75, 3.05) is 12.3 Å². The van der Waals surface area contributed by atoms with Crippen LogP contribution in [0.15, 0.2) is 42.6 Å². The van der Waals surface area contributed by atoms with Crippen molar-refractivity contribution < 1.29 is 5.11 Å². The maximum absolute atomic E-state index is 9.03. The summed E-state index contributed by atoms with van der Waals surface area (Å²) < 4.78 is 2.07. The molecule has 2 aromatic heterocycles. The molecule has 0 saturated heterocycles. The van der Waals surface area contributed by atoms with Gasteiger partial charge in [0.1, 0.15) is 11.6 Å². The van der Waals surface area contributed by atoms with E-state index >= 15 is 0 Å². The molecular weight excluding hydrogens is 252 g/mol. The SMILES string of the molecule is Nc1ccc(-n2c(CCCO)nc3ccccc32)cn1. The van der Waals surface area contributed by atoms with Crippen LogP contribution in [0, 0.1) is 0 Å². The molecule has 0 atom stereocenters. The van der Waals surface area contributed by atoms with Crippen LogP contribution < -0.4 is 5.73 Å². The smallest absolute Gasteiger partial charge is 0.123 e. The van der Waals surface area contributed by atoms with Crippen LogP contribution >= 0.6 is 0 Å². The Morgan fingerprint density at radius 3 is 2.75 bits per heavy atom. The lowest BCUT2D eigenvalue weighted by Crippen LogP contribution is -2.03. The van der Waals surface area contributed by atoms with E-state index in [4.69, 9.17) is 10.8 Å². The zero-order valence-electron chi connectivity index (χ0n) is 11.0. The van der Waals surface area contributed by atoms with Crippen molar-refractivity contribution in [3.63, 3.8) is 0 Å². The molecule has 0 aliphatic heterocycles. The molecule has 0 fully saturated rings. The van der Waals surface area contributed by atoms with Gasteiger partial charge in [0, 0.05) is 13.0 Å². The monoisotopic (exact) mass is 268 g/mol. The van der Waals surface area contributed by atoms with Crippen LogP contribution in [-0.2, 0) is 6.42 Å². The minimum Gasteiger partial charge on any atom is -0.396 e. The van der Waals surface area contributed by atoms with E-state index in [1.54, 1.807) is 12.3 Å². The largest absolute Gasteiger partial charge is 0.396 e. The summed E-state index contributed by atoms with van der Waals surface area (Å²) >= 11 is 0. The van der Waals surface area contributed by atoms with Crippen LogP contribution in [-0.4, -0.2) is 26.2 Å². The fourth-order valence-electron chi connectivity index (χ4n) is 2.30. The first kappa shape index (κ1) is 12.6. The number of aliphatic hydroxyl groups is 1. The van der Waals surface area contributed by atoms with E-state index in [9.17, 15) is 0 Å². The Hall–Kier alpha value is -2.40. The van der Waals surface area contributed by atoms with Crippen LogP contribution in [0.4, 0.5) is 5.82 Å². The average Bonchev–Trinajstić information content (AvgIpc) is 2.84. The standard InChI is InChI=1S/C15H16N4O/c16-14-8-7-11(10-17-14)19-13-5-2-1-4-12(13)18-15(19)6-3-9-20/h1-2,4-5,7-8,10,20H,3,6,9H2,(H2,16,17). The van der Waals surface area contributed by atoms with Crippen molar-refractivity contribution in [2.24, 2.45) is 0 Å². The third kappa shape index (κ3) is 2.23. The molecule has 0 aliphatic rings. The van der Waals surface area contributed by atoms with Crippen LogP contribution in [0.2, 0.25) is 0 Å². The molecule has 20 heavy (non-hydrogen) atoms. The number of benzene rings is 1. The highest BCUT2D eigenvalue weighted by Gasteiger charge is 2.11. The van der Waals surface area contributed by atoms with Gasteiger partial charge in [-0.1, -0.05) is 12.1 Å². The fraction of sp³-hybridized carbons (Fsp3) is 0.200. The summed E-state index contributed by atoms with van der Waals surface area (Å²) in [7, 11) is 0. The van der Waals surface area contributed by atoms with Gasteiger partial charge in [0.2, 0.25) is 0 Å². The van der Waals surface area contributed by atoms with Gasteiger partial charge in [-0.15, -0.1) is 0 Å². The number of aliphatic hydroxyl groups excluding tert-OH is 1. The molecule has 3 aromatic rings. The number of nitrogens with zero attached hydrogens (tertiary/aromatic N) is 3. The molecule has 0 spiro atoms.